The first-order valence-corrected chi connectivity index (χ1v) is 7.10. The minimum absolute atomic E-state index is 0.0515. The fourth-order valence-corrected chi connectivity index (χ4v) is 2.77. The number of rotatable bonds is 3. The molecule has 2 unspecified atom stereocenters. The average molecular weight is 318 g/mol. The summed E-state index contributed by atoms with van der Waals surface area (Å²) in [5.41, 5.74) is 0.136. The summed E-state index contributed by atoms with van der Waals surface area (Å²) in [5.74, 6) is -0.291. The van der Waals surface area contributed by atoms with Gasteiger partial charge in [-0.1, -0.05) is 23.2 Å². The Bertz CT molecular complexity index is 510. The van der Waals surface area contributed by atoms with E-state index in [1.165, 1.54) is 6.07 Å². The zero-order valence-corrected chi connectivity index (χ0v) is 12.9. The number of likely N-dealkylation sites (N-methyl/N-ethyl adjacent to an activating group) is 1. The van der Waals surface area contributed by atoms with E-state index in [0.717, 1.165) is 0 Å². The molecule has 7 heteroatoms. The van der Waals surface area contributed by atoms with Gasteiger partial charge < -0.3 is 14.9 Å². The molecule has 0 saturated carbocycles. The third-order valence-corrected chi connectivity index (χ3v) is 3.76. The van der Waals surface area contributed by atoms with E-state index in [9.17, 15) is 9.90 Å². The van der Waals surface area contributed by atoms with Crippen LogP contribution in [0, 0.1) is 0 Å². The summed E-state index contributed by atoms with van der Waals surface area (Å²) in [4.78, 5) is 20.2. The number of aromatic nitrogens is 1. The second-order valence-electron chi connectivity index (χ2n) is 5.23. The summed E-state index contributed by atoms with van der Waals surface area (Å²) in [7, 11) is 3.86. The van der Waals surface area contributed by atoms with Gasteiger partial charge in [-0.3, -0.25) is 4.79 Å². The van der Waals surface area contributed by atoms with E-state index in [1.54, 1.807) is 11.0 Å². The van der Waals surface area contributed by atoms with Crippen molar-refractivity contribution >= 4 is 29.1 Å². The molecule has 1 saturated heterocycles. The van der Waals surface area contributed by atoms with Gasteiger partial charge in [-0.15, -0.1) is 0 Å². The molecule has 110 valence electrons. The molecule has 5 nitrogen and oxygen atoms in total. The summed E-state index contributed by atoms with van der Waals surface area (Å²) in [6, 6.07) is 3.04. The smallest absolute Gasteiger partial charge is 0.274 e. The highest BCUT2D eigenvalue weighted by molar-refractivity contribution is 6.34. The highest BCUT2D eigenvalue weighted by Crippen LogP contribution is 2.24. The standard InChI is InChI=1S/C13H17Cl2N3O2/c1-17(2)6-8-5-9(19)7-18(8)13(20)12-10(14)3-4-11(15)16-12/h3-4,8-9,19H,5-7H2,1-2H3. The molecule has 2 rings (SSSR count). The Labute approximate surface area is 128 Å². The van der Waals surface area contributed by atoms with Gasteiger partial charge in [-0.05, 0) is 32.6 Å². The second-order valence-corrected chi connectivity index (χ2v) is 6.02. The van der Waals surface area contributed by atoms with Crippen LogP contribution in [0.4, 0.5) is 0 Å². The average Bonchev–Trinajstić information content (AvgIpc) is 2.71. The number of aliphatic hydroxyl groups excluding tert-OH is 1. The fraction of sp³-hybridized carbons (Fsp3) is 0.538. The Morgan fingerprint density at radius 3 is 2.85 bits per heavy atom. The van der Waals surface area contributed by atoms with E-state index in [2.05, 4.69) is 4.98 Å². The molecule has 0 aromatic carbocycles. The predicted molar refractivity (Wildman–Crippen MR) is 78.3 cm³/mol. The maximum Gasteiger partial charge on any atom is 0.274 e. The van der Waals surface area contributed by atoms with Gasteiger partial charge >= 0.3 is 0 Å². The van der Waals surface area contributed by atoms with Gasteiger partial charge in [0.2, 0.25) is 0 Å². The van der Waals surface area contributed by atoms with E-state index in [1.807, 2.05) is 19.0 Å². The number of aliphatic hydroxyl groups is 1. The number of nitrogens with zero attached hydrogens (tertiary/aromatic N) is 3. The second kappa shape index (κ2) is 6.26. The third kappa shape index (κ3) is 3.41. The molecule has 1 aliphatic heterocycles. The Morgan fingerprint density at radius 1 is 1.50 bits per heavy atom. The highest BCUT2D eigenvalue weighted by atomic mass is 35.5. The Balaban J connectivity index is 2.24. The Hall–Kier alpha value is -0.880. The molecule has 20 heavy (non-hydrogen) atoms. The van der Waals surface area contributed by atoms with Gasteiger partial charge in [0.25, 0.3) is 5.91 Å². The topological polar surface area (TPSA) is 56.7 Å². The molecule has 1 N–H and O–H groups in total. The largest absolute Gasteiger partial charge is 0.391 e. The van der Waals surface area contributed by atoms with Crippen molar-refractivity contribution in [1.29, 1.82) is 0 Å². The van der Waals surface area contributed by atoms with Crippen molar-refractivity contribution in [3.8, 4) is 0 Å². The first-order chi connectivity index (χ1) is 9.38. The zero-order valence-electron chi connectivity index (χ0n) is 11.4. The SMILES string of the molecule is CN(C)CC1CC(O)CN1C(=O)c1nc(Cl)ccc1Cl. The molecule has 0 bridgehead atoms. The van der Waals surface area contributed by atoms with Gasteiger partial charge in [0, 0.05) is 19.1 Å². The normalized spacial score (nSPS) is 22.6. The molecule has 2 atom stereocenters. The van der Waals surface area contributed by atoms with Crippen molar-refractivity contribution < 1.29 is 9.90 Å². The van der Waals surface area contributed by atoms with Crippen LogP contribution < -0.4 is 0 Å². The van der Waals surface area contributed by atoms with Crippen LogP contribution in [-0.4, -0.2) is 65.1 Å². The van der Waals surface area contributed by atoms with Gasteiger partial charge in [0.05, 0.1) is 11.1 Å². The fourth-order valence-electron chi connectivity index (χ4n) is 2.44. The van der Waals surface area contributed by atoms with Gasteiger partial charge in [0.15, 0.2) is 0 Å². The maximum atomic E-state index is 12.5. The summed E-state index contributed by atoms with van der Waals surface area (Å²) in [6.45, 7) is 0.975. The summed E-state index contributed by atoms with van der Waals surface area (Å²) in [6.07, 6.45) is 0.0455. The van der Waals surface area contributed by atoms with Gasteiger partial charge in [-0.25, -0.2) is 4.98 Å². The molecule has 1 aromatic rings. The molecule has 1 aromatic heterocycles. The molecule has 1 fully saturated rings. The summed E-state index contributed by atoms with van der Waals surface area (Å²) >= 11 is 11.8. The molecule has 1 amide bonds. The quantitative estimate of drug-likeness (QED) is 0.859. The summed E-state index contributed by atoms with van der Waals surface area (Å²) < 4.78 is 0. The van der Waals surface area contributed by atoms with E-state index in [0.29, 0.717) is 19.5 Å². The summed E-state index contributed by atoms with van der Waals surface area (Å²) in [5, 5.41) is 10.3. The third-order valence-electron chi connectivity index (χ3n) is 3.24. The molecule has 0 radical (unpaired) electrons. The number of amides is 1. The molecule has 0 spiro atoms. The number of hydrogen-bond donors (Lipinski definition) is 1. The van der Waals surface area contributed by atoms with Crippen molar-refractivity contribution in [2.45, 2.75) is 18.6 Å². The molecular weight excluding hydrogens is 301 g/mol. The van der Waals surface area contributed by atoms with Crippen LogP contribution in [0.1, 0.15) is 16.9 Å². The lowest BCUT2D eigenvalue weighted by molar-refractivity contribution is 0.0693. The van der Waals surface area contributed by atoms with Crippen molar-refractivity contribution in [2.75, 3.05) is 27.2 Å². The molecule has 2 heterocycles. The van der Waals surface area contributed by atoms with Crippen molar-refractivity contribution in [1.82, 2.24) is 14.8 Å². The van der Waals surface area contributed by atoms with E-state index in [-0.39, 0.29) is 27.8 Å². The van der Waals surface area contributed by atoms with Gasteiger partial charge in [0.1, 0.15) is 10.8 Å². The number of carbonyl (C=O) groups is 1. The first-order valence-electron chi connectivity index (χ1n) is 6.34. The minimum Gasteiger partial charge on any atom is -0.391 e. The molecule has 0 aliphatic carbocycles. The number of halogens is 2. The lowest BCUT2D eigenvalue weighted by Gasteiger charge is -2.26. The van der Waals surface area contributed by atoms with Crippen molar-refractivity contribution in [3.05, 3.63) is 28.0 Å². The minimum atomic E-state index is -0.512. The number of likely N-dealkylation sites (tertiary alicyclic amines) is 1. The maximum absolute atomic E-state index is 12.5. The first kappa shape index (κ1) is 15.5. The van der Waals surface area contributed by atoms with E-state index < -0.39 is 6.10 Å². The molecular formula is C13H17Cl2N3O2. The number of β-amino-alcohol motifs (C(OH)–C–C–N with tert-alkyl or cyclic N) is 1. The van der Waals surface area contributed by atoms with Crippen LogP contribution in [0.3, 0.4) is 0 Å². The Morgan fingerprint density at radius 2 is 2.20 bits per heavy atom. The van der Waals surface area contributed by atoms with Crippen LogP contribution >= 0.6 is 23.2 Å². The predicted octanol–water partition coefficient (Wildman–Crippen LogP) is 1.53. The zero-order chi connectivity index (χ0) is 14.9. The van der Waals surface area contributed by atoms with Crippen LogP contribution in [0.15, 0.2) is 12.1 Å². The lowest BCUT2D eigenvalue weighted by atomic mass is 10.2. The van der Waals surface area contributed by atoms with E-state index in [4.69, 9.17) is 23.2 Å². The monoisotopic (exact) mass is 317 g/mol. The van der Waals surface area contributed by atoms with Gasteiger partial charge in [-0.2, -0.15) is 0 Å². The Kier molecular flexibility index (Phi) is 4.86. The van der Waals surface area contributed by atoms with Crippen LogP contribution in [0.2, 0.25) is 10.2 Å². The number of hydrogen-bond acceptors (Lipinski definition) is 4. The van der Waals surface area contributed by atoms with Crippen molar-refractivity contribution in [2.24, 2.45) is 0 Å². The highest BCUT2D eigenvalue weighted by Gasteiger charge is 2.36. The number of pyridine rings is 1. The van der Waals surface area contributed by atoms with Crippen molar-refractivity contribution in [3.63, 3.8) is 0 Å². The van der Waals surface area contributed by atoms with E-state index >= 15 is 0 Å². The molecule has 1 aliphatic rings. The van der Waals surface area contributed by atoms with Crippen LogP contribution in [-0.2, 0) is 0 Å². The van der Waals surface area contributed by atoms with Crippen LogP contribution in [0.25, 0.3) is 0 Å². The number of carbonyl (C=O) groups excluding carboxylic acids is 1. The lowest BCUT2D eigenvalue weighted by Crippen LogP contribution is -2.41. The van der Waals surface area contributed by atoms with Crippen LogP contribution in [0.5, 0.6) is 0 Å².